The van der Waals surface area contributed by atoms with E-state index in [9.17, 15) is 9.59 Å². The second kappa shape index (κ2) is 10.5. The molecule has 33 heavy (non-hydrogen) atoms. The molecule has 0 saturated heterocycles. The lowest BCUT2D eigenvalue weighted by Gasteiger charge is -2.19. The first-order valence-electron chi connectivity index (χ1n) is 10.9. The van der Waals surface area contributed by atoms with Crippen molar-refractivity contribution in [1.82, 2.24) is 0 Å². The van der Waals surface area contributed by atoms with Gasteiger partial charge >= 0.3 is 0 Å². The molecule has 3 aromatic rings. The minimum atomic E-state index is -0.704. The predicted octanol–water partition coefficient (Wildman–Crippen LogP) is 6.69. The molecule has 0 spiro atoms. The molecule has 0 aliphatic carbocycles. The molecule has 3 rings (SSSR count). The maximum atomic E-state index is 12.8. The van der Waals surface area contributed by atoms with Gasteiger partial charge in [-0.3, -0.25) is 9.59 Å². The Balaban J connectivity index is 1.65. The summed E-state index contributed by atoms with van der Waals surface area (Å²) in [6, 6.07) is 21.6. The lowest BCUT2D eigenvalue weighted by Crippen LogP contribution is -2.32. The van der Waals surface area contributed by atoms with Crippen LogP contribution in [0.3, 0.4) is 0 Å². The van der Waals surface area contributed by atoms with Crippen LogP contribution in [0.5, 0.6) is 5.75 Å². The molecule has 0 radical (unpaired) electrons. The molecule has 0 bridgehead atoms. The van der Waals surface area contributed by atoms with Gasteiger partial charge in [0.05, 0.1) is 5.02 Å². The highest BCUT2D eigenvalue weighted by Gasteiger charge is 2.20. The Morgan fingerprint density at radius 2 is 1.55 bits per heavy atom. The molecule has 5 nitrogen and oxygen atoms in total. The minimum Gasteiger partial charge on any atom is -0.479 e. The van der Waals surface area contributed by atoms with E-state index < -0.39 is 6.10 Å². The van der Waals surface area contributed by atoms with Crippen LogP contribution >= 0.6 is 11.6 Å². The van der Waals surface area contributed by atoms with Crippen molar-refractivity contribution < 1.29 is 14.3 Å². The van der Waals surface area contributed by atoms with Crippen molar-refractivity contribution in [2.24, 2.45) is 0 Å². The fourth-order valence-electron chi connectivity index (χ4n) is 3.24. The summed E-state index contributed by atoms with van der Waals surface area (Å²) in [5.41, 5.74) is 2.89. The van der Waals surface area contributed by atoms with Gasteiger partial charge < -0.3 is 15.4 Å². The van der Waals surface area contributed by atoms with Gasteiger partial charge in [0.1, 0.15) is 5.75 Å². The van der Waals surface area contributed by atoms with E-state index in [0.29, 0.717) is 34.1 Å². The molecular formula is C27H29ClN2O3. The van der Waals surface area contributed by atoms with Gasteiger partial charge in [0, 0.05) is 16.9 Å². The highest BCUT2D eigenvalue weighted by molar-refractivity contribution is 6.32. The van der Waals surface area contributed by atoms with Crippen molar-refractivity contribution in [3.63, 3.8) is 0 Å². The summed E-state index contributed by atoms with van der Waals surface area (Å²) in [5, 5.41) is 6.18. The summed E-state index contributed by atoms with van der Waals surface area (Å²) in [5.74, 6) is -0.0502. The quantitative estimate of drug-likeness (QED) is 0.409. The van der Waals surface area contributed by atoms with E-state index in [2.05, 4.69) is 31.4 Å². The Hall–Kier alpha value is -3.31. The first-order chi connectivity index (χ1) is 15.7. The molecule has 0 aromatic heterocycles. The minimum absolute atomic E-state index is 0.0213. The molecule has 0 heterocycles. The Morgan fingerprint density at radius 3 is 2.15 bits per heavy atom. The molecule has 0 aliphatic rings. The number of benzene rings is 3. The Labute approximate surface area is 200 Å². The monoisotopic (exact) mass is 464 g/mol. The van der Waals surface area contributed by atoms with E-state index in [-0.39, 0.29) is 17.2 Å². The third-order valence-electron chi connectivity index (χ3n) is 5.17. The zero-order chi connectivity index (χ0) is 24.0. The fourth-order valence-corrected chi connectivity index (χ4v) is 3.42. The van der Waals surface area contributed by atoms with E-state index >= 15 is 0 Å². The molecule has 0 saturated carbocycles. The normalized spacial score (nSPS) is 12.0. The summed E-state index contributed by atoms with van der Waals surface area (Å²) >= 11 is 6.14. The second-order valence-corrected chi connectivity index (χ2v) is 9.20. The average molecular weight is 465 g/mol. The zero-order valence-corrected chi connectivity index (χ0v) is 20.1. The van der Waals surface area contributed by atoms with Crippen LogP contribution in [0.2, 0.25) is 5.02 Å². The van der Waals surface area contributed by atoms with Crippen molar-refractivity contribution >= 4 is 34.8 Å². The number of carbonyl (C=O) groups is 2. The number of rotatable bonds is 7. The Morgan fingerprint density at radius 1 is 0.909 bits per heavy atom. The van der Waals surface area contributed by atoms with Gasteiger partial charge in [-0.1, -0.05) is 69.6 Å². The first kappa shape index (κ1) is 24.3. The van der Waals surface area contributed by atoms with Crippen LogP contribution in [0.15, 0.2) is 72.8 Å². The molecular weight excluding hydrogens is 436 g/mol. The smallest absolute Gasteiger partial charge is 0.265 e. The number of amides is 2. The third kappa shape index (κ3) is 6.59. The van der Waals surface area contributed by atoms with Crippen LogP contribution in [-0.2, 0) is 10.2 Å². The standard InChI is InChI=1S/C27H29ClN2O3/c1-5-23(33-24-12-7-6-11-22(24)28)26(32)30-21-10-8-9-20(17-21)29-25(31)18-13-15-19(16-14-18)27(2,3)4/h6-17,23H,5H2,1-4H3,(H,29,31)(H,30,32). The molecule has 0 aliphatic heterocycles. The molecule has 6 heteroatoms. The number of para-hydroxylation sites is 1. The van der Waals surface area contributed by atoms with Crippen LogP contribution in [0.4, 0.5) is 11.4 Å². The number of nitrogens with one attached hydrogen (secondary N) is 2. The molecule has 2 N–H and O–H groups in total. The summed E-state index contributed by atoms with van der Waals surface area (Å²) < 4.78 is 5.80. The number of carbonyl (C=O) groups excluding carboxylic acids is 2. The van der Waals surface area contributed by atoms with Crippen molar-refractivity contribution in [3.8, 4) is 5.75 Å². The SMILES string of the molecule is CCC(Oc1ccccc1Cl)C(=O)Nc1cccc(NC(=O)c2ccc(C(C)(C)C)cc2)c1. The van der Waals surface area contributed by atoms with Gasteiger partial charge in [-0.05, 0) is 59.9 Å². The van der Waals surface area contributed by atoms with Crippen LogP contribution < -0.4 is 15.4 Å². The van der Waals surface area contributed by atoms with E-state index in [4.69, 9.17) is 16.3 Å². The summed E-state index contributed by atoms with van der Waals surface area (Å²) in [6.45, 7) is 8.25. The van der Waals surface area contributed by atoms with Gasteiger partial charge in [-0.25, -0.2) is 0 Å². The second-order valence-electron chi connectivity index (χ2n) is 8.80. The number of hydrogen-bond acceptors (Lipinski definition) is 3. The molecule has 1 unspecified atom stereocenters. The summed E-state index contributed by atoms with van der Waals surface area (Å²) in [7, 11) is 0. The van der Waals surface area contributed by atoms with Crippen LogP contribution in [0.1, 0.15) is 50.0 Å². The van der Waals surface area contributed by atoms with Crippen molar-refractivity contribution in [2.75, 3.05) is 10.6 Å². The highest BCUT2D eigenvalue weighted by atomic mass is 35.5. The van der Waals surface area contributed by atoms with E-state index in [1.807, 2.05) is 31.2 Å². The summed E-state index contributed by atoms with van der Waals surface area (Å²) in [4.78, 5) is 25.4. The third-order valence-corrected chi connectivity index (χ3v) is 5.48. The number of anilines is 2. The van der Waals surface area contributed by atoms with E-state index in [0.717, 1.165) is 5.56 Å². The van der Waals surface area contributed by atoms with Crippen molar-refractivity contribution in [2.45, 2.75) is 45.6 Å². The molecule has 1 atom stereocenters. The largest absolute Gasteiger partial charge is 0.479 e. The maximum absolute atomic E-state index is 12.8. The van der Waals surface area contributed by atoms with E-state index in [1.54, 1.807) is 48.5 Å². The van der Waals surface area contributed by atoms with Gasteiger partial charge in [0.2, 0.25) is 0 Å². The van der Waals surface area contributed by atoms with Gasteiger partial charge in [-0.2, -0.15) is 0 Å². The Kier molecular flexibility index (Phi) is 7.77. The first-order valence-corrected chi connectivity index (χ1v) is 11.3. The zero-order valence-electron chi connectivity index (χ0n) is 19.3. The predicted molar refractivity (Wildman–Crippen MR) is 134 cm³/mol. The van der Waals surface area contributed by atoms with Crippen LogP contribution in [0.25, 0.3) is 0 Å². The van der Waals surface area contributed by atoms with Gasteiger partial charge in [-0.15, -0.1) is 0 Å². The van der Waals surface area contributed by atoms with Crippen molar-refractivity contribution in [3.05, 3.63) is 88.9 Å². The van der Waals surface area contributed by atoms with E-state index in [1.165, 1.54) is 0 Å². The lowest BCUT2D eigenvalue weighted by molar-refractivity contribution is -0.122. The fraction of sp³-hybridized carbons (Fsp3) is 0.259. The van der Waals surface area contributed by atoms with Crippen molar-refractivity contribution in [1.29, 1.82) is 0 Å². The number of ether oxygens (including phenoxy) is 1. The molecule has 2 amide bonds. The van der Waals surface area contributed by atoms with Crippen LogP contribution in [-0.4, -0.2) is 17.9 Å². The molecule has 0 fully saturated rings. The van der Waals surface area contributed by atoms with Crippen LogP contribution in [0, 0.1) is 0 Å². The average Bonchev–Trinajstić information content (AvgIpc) is 2.78. The number of hydrogen-bond donors (Lipinski definition) is 2. The van der Waals surface area contributed by atoms with Gasteiger partial charge in [0.15, 0.2) is 6.10 Å². The highest BCUT2D eigenvalue weighted by Crippen LogP contribution is 2.26. The number of halogens is 1. The maximum Gasteiger partial charge on any atom is 0.265 e. The molecule has 3 aromatic carbocycles. The Bertz CT molecular complexity index is 1120. The van der Waals surface area contributed by atoms with Gasteiger partial charge in [0.25, 0.3) is 11.8 Å². The molecule has 172 valence electrons. The summed E-state index contributed by atoms with van der Waals surface area (Å²) in [6.07, 6.45) is -0.234. The lowest BCUT2D eigenvalue weighted by atomic mass is 9.87. The topological polar surface area (TPSA) is 67.4 Å².